The molecule has 0 aromatic heterocycles. The minimum atomic E-state index is 0.0185. The average molecular weight is 129 g/mol. The predicted octanol–water partition coefficient (Wildman–Crippen LogP) is 1.38. The van der Waals surface area contributed by atoms with E-state index in [0.717, 1.165) is 13.0 Å². The normalized spacial score (nSPS) is 28.3. The molecule has 0 amide bonds. The molecule has 1 rings (SSSR count). The highest BCUT2D eigenvalue weighted by molar-refractivity contribution is 4.61. The molecule has 1 heterocycles. The Morgan fingerprint density at radius 2 is 2.33 bits per heavy atom. The van der Waals surface area contributed by atoms with Crippen LogP contribution in [0.4, 0.5) is 0 Å². The Balaban J connectivity index is 2.08. The summed E-state index contributed by atoms with van der Waals surface area (Å²) in [6, 6.07) is 0. The summed E-state index contributed by atoms with van der Waals surface area (Å²) in [5.74, 6) is 0. The van der Waals surface area contributed by atoms with E-state index in [1.165, 1.54) is 12.8 Å². The smallest absolute Gasteiger partial charge is 0.0847 e. The first-order valence-electron chi connectivity index (χ1n) is 3.63. The Bertz CT molecular complexity index is 64.6. The van der Waals surface area contributed by atoms with Gasteiger partial charge in [-0.05, 0) is 19.3 Å². The van der Waals surface area contributed by atoms with Crippen molar-refractivity contribution >= 4 is 0 Å². The molecule has 0 bridgehead atoms. The summed E-state index contributed by atoms with van der Waals surface area (Å²) in [6.45, 7) is 0.884. The van der Waals surface area contributed by atoms with E-state index in [2.05, 4.69) is 0 Å². The van der Waals surface area contributed by atoms with E-state index in [9.17, 15) is 5.11 Å². The Labute approximate surface area is 55.8 Å². The summed E-state index contributed by atoms with van der Waals surface area (Å²) >= 11 is 0. The van der Waals surface area contributed by atoms with Crippen LogP contribution in [0.1, 0.15) is 25.7 Å². The Hall–Kier alpha value is -0.0800. The molecule has 1 saturated heterocycles. The number of hydrogen-bond donors (Lipinski definition) is 0. The highest BCUT2D eigenvalue weighted by Crippen LogP contribution is 2.14. The van der Waals surface area contributed by atoms with Crippen molar-refractivity contribution in [2.24, 2.45) is 0 Å². The second kappa shape index (κ2) is 3.85. The average Bonchev–Trinajstić information content (AvgIpc) is 1.91. The molecule has 0 spiro atoms. The third kappa shape index (κ3) is 2.33. The van der Waals surface area contributed by atoms with Crippen LogP contribution in [0.2, 0.25) is 0 Å². The van der Waals surface area contributed by atoms with Crippen molar-refractivity contribution in [2.45, 2.75) is 31.8 Å². The lowest BCUT2D eigenvalue weighted by molar-refractivity contribution is -0.00439. The zero-order valence-corrected chi connectivity index (χ0v) is 5.64. The van der Waals surface area contributed by atoms with Crippen LogP contribution in [-0.2, 0) is 9.84 Å². The van der Waals surface area contributed by atoms with Crippen LogP contribution >= 0.6 is 0 Å². The van der Waals surface area contributed by atoms with Gasteiger partial charge in [0, 0.05) is 13.0 Å². The standard InChI is InChI=1S/C7H13O2/c8-5-4-7-3-1-2-6-9-7/h7H,1-6H2. The van der Waals surface area contributed by atoms with Gasteiger partial charge in [0.25, 0.3) is 0 Å². The molecule has 0 N–H and O–H groups in total. The molecular formula is C7H13O2. The molecule has 2 nitrogen and oxygen atoms in total. The van der Waals surface area contributed by atoms with Crippen LogP contribution in [0.5, 0.6) is 0 Å². The first-order valence-corrected chi connectivity index (χ1v) is 3.63. The van der Waals surface area contributed by atoms with Crippen molar-refractivity contribution in [2.75, 3.05) is 13.2 Å². The van der Waals surface area contributed by atoms with Gasteiger partial charge < -0.3 is 4.74 Å². The molecular weight excluding hydrogens is 116 g/mol. The molecule has 0 saturated carbocycles. The molecule has 0 aliphatic carbocycles. The molecule has 1 atom stereocenters. The molecule has 53 valence electrons. The summed E-state index contributed by atoms with van der Waals surface area (Å²) in [5.41, 5.74) is 0. The Morgan fingerprint density at radius 1 is 1.44 bits per heavy atom. The SMILES string of the molecule is [O]CCC1CCCCO1. The minimum absolute atomic E-state index is 0.0185. The molecule has 0 aromatic carbocycles. The number of hydrogen-bond acceptors (Lipinski definition) is 1. The highest BCUT2D eigenvalue weighted by atomic mass is 16.5. The highest BCUT2D eigenvalue weighted by Gasteiger charge is 2.12. The minimum Gasteiger partial charge on any atom is -0.378 e. The van der Waals surface area contributed by atoms with Gasteiger partial charge in [-0.2, -0.15) is 0 Å². The molecule has 9 heavy (non-hydrogen) atoms. The van der Waals surface area contributed by atoms with Gasteiger partial charge in [-0.25, -0.2) is 5.11 Å². The van der Waals surface area contributed by atoms with Gasteiger partial charge in [0.05, 0.1) is 12.7 Å². The van der Waals surface area contributed by atoms with E-state index in [-0.39, 0.29) is 12.7 Å². The van der Waals surface area contributed by atoms with Crippen molar-refractivity contribution in [3.05, 3.63) is 0 Å². The number of rotatable bonds is 2. The molecule has 1 fully saturated rings. The Kier molecular flexibility index (Phi) is 3.01. The zero-order valence-electron chi connectivity index (χ0n) is 5.64. The van der Waals surface area contributed by atoms with Gasteiger partial charge in [-0.3, -0.25) is 0 Å². The van der Waals surface area contributed by atoms with E-state index in [4.69, 9.17) is 4.74 Å². The Morgan fingerprint density at radius 3 is 2.89 bits per heavy atom. The van der Waals surface area contributed by atoms with Crippen LogP contribution in [-0.4, -0.2) is 19.3 Å². The van der Waals surface area contributed by atoms with Crippen molar-refractivity contribution in [3.8, 4) is 0 Å². The molecule has 1 aliphatic rings. The molecule has 0 aromatic rings. The van der Waals surface area contributed by atoms with E-state index in [1.807, 2.05) is 0 Å². The largest absolute Gasteiger partial charge is 0.378 e. The maximum Gasteiger partial charge on any atom is 0.0847 e. The predicted molar refractivity (Wildman–Crippen MR) is 33.8 cm³/mol. The van der Waals surface area contributed by atoms with Crippen LogP contribution in [0.3, 0.4) is 0 Å². The topological polar surface area (TPSA) is 29.1 Å². The van der Waals surface area contributed by atoms with Gasteiger partial charge in [-0.1, -0.05) is 0 Å². The van der Waals surface area contributed by atoms with Crippen LogP contribution in [0.25, 0.3) is 0 Å². The van der Waals surface area contributed by atoms with Gasteiger partial charge >= 0.3 is 0 Å². The lowest BCUT2D eigenvalue weighted by atomic mass is 10.1. The lowest BCUT2D eigenvalue weighted by Gasteiger charge is -2.20. The number of ether oxygens (including phenoxy) is 1. The maximum absolute atomic E-state index is 10.1. The molecule has 1 radical (unpaired) electrons. The fourth-order valence-electron chi connectivity index (χ4n) is 1.17. The summed E-state index contributed by atoms with van der Waals surface area (Å²) < 4.78 is 5.32. The summed E-state index contributed by atoms with van der Waals surface area (Å²) in [5, 5.41) is 10.1. The maximum atomic E-state index is 10.1. The fraction of sp³-hybridized carbons (Fsp3) is 1.00. The van der Waals surface area contributed by atoms with Crippen molar-refractivity contribution in [3.63, 3.8) is 0 Å². The lowest BCUT2D eigenvalue weighted by Crippen LogP contribution is -2.19. The van der Waals surface area contributed by atoms with Gasteiger partial charge in [0.15, 0.2) is 0 Å². The monoisotopic (exact) mass is 129 g/mol. The second-order valence-corrected chi connectivity index (χ2v) is 2.48. The third-order valence-corrected chi connectivity index (χ3v) is 1.71. The van der Waals surface area contributed by atoms with Crippen LogP contribution < -0.4 is 0 Å². The van der Waals surface area contributed by atoms with Crippen LogP contribution in [0, 0.1) is 0 Å². The first-order chi connectivity index (χ1) is 4.43. The fourth-order valence-corrected chi connectivity index (χ4v) is 1.17. The van der Waals surface area contributed by atoms with Crippen molar-refractivity contribution in [1.29, 1.82) is 0 Å². The van der Waals surface area contributed by atoms with E-state index < -0.39 is 0 Å². The van der Waals surface area contributed by atoms with E-state index >= 15 is 0 Å². The third-order valence-electron chi connectivity index (χ3n) is 1.71. The summed E-state index contributed by atoms with van der Waals surface area (Å²) in [7, 11) is 0. The van der Waals surface area contributed by atoms with E-state index in [0.29, 0.717) is 6.42 Å². The van der Waals surface area contributed by atoms with Crippen molar-refractivity contribution < 1.29 is 9.84 Å². The second-order valence-electron chi connectivity index (χ2n) is 2.48. The van der Waals surface area contributed by atoms with Gasteiger partial charge in [-0.15, -0.1) is 0 Å². The van der Waals surface area contributed by atoms with Crippen LogP contribution in [0.15, 0.2) is 0 Å². The zero-order chi connectivity index (χ0) is 6.53. The quantitative estimate of drug-likeness (QED) is 0.553. The van der Waals surface area contributed by atoms with E-state index in [1.54, 1.807) is 0 Å². The molecule has 1 unspecified atom stereocenters. The first kappa shape index (κ1) is 7.03. The van der Waals surface area contributed by atoms with Gasteiger partial charge in [0.1, 0.15) is 0 Å². The van der Waals surface area contributed by atoms with Crippen molar-refractivity contribution in [1.82, 2.24) is 0 Å². The molecule has 1 aliphatic heterocycles. The molecule has 2 heteroatoms. The summed E-state index contributed by atoms with van der Waals surface area (Å²) in [6.07, 6.45) is 4.51. The van der Waals surface area contributed by atoms with Gasteiger partial charge in [0.2, 0.25) is 0 Å². The summed E-state index contributed by atoms with van der Waals surface area (Å²) in [4.78, 5) is 0.